The number of likely N-dealkylation sites (tertiary alicyclic amines) is 2. The van der Waals surface area contributed by atoms with E-state index in [0.717, 1.165) is 25.0 Å². The average molecular weight is 445 g/mol. The van der Waals surface area contributed by atoms with E-state index in [9.17, 15) is 14.4 Å². The minimum absolute atomic E-state index is 0.0134. The summed E-state index contributed by atoms with van der Waals surface area (Å²) >= 11 is 1.17. The Bertz CT molecular complexity index is 893. The smallest absolute Gasteiger partial charge is 0.262 e. The van der Waals surface area contributed by atoms with Crippen molar-refractivity contribution in [3.8, 4) is 5.75 Å². The summed E-state index contributed by atoms with van der Waals surface area (Å²) in [5, 5.41) is -0.247. The zero-order chi connectivity index (χ0) is 22.0. The predicted molar refractivity (Wildman–Crippen MR) is 119 cm³/mol. The van der Waals surface area contributed by atoms with Gasteiger partial charge in [-0.15, -0.1) is 0 Å². The van der Waals surface area contributed by atoms with Crippen molar-refractivity contribution in [2.75, 3.05) is 32.8 Å². The van der Waals surface area contributed by atoms with E-state index in [1.807, 2.05) is 41.0 Å². The summed E-state index contributed by atoms with van der Waals surface area (Å²) in [6, 6.07) is 7.28. The maximum atomic E-state index is 12.9. The second-order valence-electron chi connectivity index (χ2n) is 8.41. The van der Waals surface area contributed by atoms with Crippen molar-refractivity contribution < 1.29 is 19.1 Å². The maximum absolute atomic E-state index is 12.9. The molecule has 2 N–H and O–H groups in total. The van der Waals surface area contributed by atoms with Gasteiger partial charge in [0.15, 0.2) is 5.17 Å². The summed E-state index contributed by atoms with van der Waals surface area (Å²) in [5.41, 5.74) is 6.32. The number of nitrogens with two attached hydrogens (primary N) is 1. The lowest BCUT2D eigenvalue weighted by atomic mass is 9.77. The van der Waals surface area contributed by atoms with Crippen molar-refractivity contribution >= 4 is 34.7 Å². The van der Waals surface area contributed by atoms with Crippen LogP contribution < -0.4 is 10.5 Å². The van der Waals surface area contributed by atoms with Gasteiger partial charge in [0.25, 0.3) is 11.8 Å². The van der Waals surface area contributed by atoms with Gasteiger partial charge >= 0.3 is 0 Å². The largest absolute Gasteiger partial charge is 0.494 e. The molecule has 1 aromatic carbocycles. The molecule has 31 heavy (non-hydrogen) atoms. The standard InChI is InChI=1S/C22H28N4O4S/c1-2-30-16-5-3-15(4-6-16)20(29)25-10-7-22(8-11-25)9-12-26(14-22)18(27)13-17-19(28)24-21(23)31-17/h3-6,17H,2,7-14H2,1H3,(H2,23,24,28). The highest BCUT2D eigenvalue weighted by atomic mass is 32.2. The Balaban J connectivity index is 1.28. The van der Waals surface area contributed by atoms with Crippen LogP contribution in [0.15, 0.2) is 29.3 Å². The molecular formula is C22H28N4O4S. The fourth-order valence-corrected chi connectivity index (χ4v) is 5.42. The van der Waals surface area contributed by atoms with Gasteiger partial charge in [-0.25, -0.2) is 0 Å². The van der Waals surface area contributed by atoms with Crippen molar-refractivity contribution in [2.24, 2.45) is 16.1 Å². The quantitative estimate of drug-likeness (QED) is 0.744. The van der Waals surface area contributed by atoms with Crippen LogP contribution in [0.4, 0.5) is 0 Å². The van der Waals surface area contributed by atoms with Crippen LogP contribution in [0, 0.1) is 5.41 Å². The van der Waals surface area contributed by atoms with Crippen molar-refractivity contribution in [2.45, 2.75) is 37.9 Å². The monoisotopic (exact) mass is 444 g/mol. The number of nitrogens with zero attached hydrogens (tertiary/aromatic N) is 3. The van der Waals surface area contributed by atoms with E-state index >= 15 is 0 Å². The Kier molecular flexibility index (Phi) is 6.22. The number of hydrogen-bond donors (Lipinski definition) is 1. The molecule has 0 aliphatic carbocycles. The van der Waals surface area contributed by atoms with Gasteiger partial charge in [0.2, 0.25) is 5.91 Å². The van der Waals surface area contributed by atoms with Crippen molar-refractivity contribution in [3.63, 3.8) is 0 Å². The normalized spacial score (nSPS) is 22.7. The van der Waals surface area contributed by atoms with Crippen LogP contribution in [-0.2, 0) is 9.59 Å². The molecular weight excluding hydrogens is 416 g/mol. The first kappa shape index (κ1) is 21.7. The van der Waals surface area contributed by atoms with Crippen molar-refractivity contribution in [1.82, 2.24) is 9.80 Å². The van der Waals surface area contributed by atoms with Crippen LogP contribution in [0.1, 0.15) is 43.0 Å². The SMILES string of the molecule is CCOc1ccc(C(=O)N2CCC3(CCN(C(=O)CC4SC(N)=NC4=O)C3)CC2)cc1. The molecule has 1 spiro atoms. The molecule has 9 heteroatoms. The van der Waals surface area contributed by atoms with Gasteiger partial charge < -0.3 is 20.3 Å². The molecule has 1 atom stereocenters. The lowest BCUT2D eigenvalue weighted by Crippen LogP contribution is -2.44. The first-order chi connectivity index (χ1) is 14.9. The highest BCUT2D eigenvalue weighted by Crippen LogP contribution is 2.41. The number of carbonyl (C=O) groups is 3. The Hall–Kier alpha value is -2.55. The fourth-order valence-electron chi connectivity index (χ4n) is 4.60. The molecule has 1 aromatic rings. The van der Waals surface area contributed by atoms with Gasteiger partial charge in [0, 0.05) is 38.2 Å². The topological polar surface area (TPSA) is 105 Å². The lowest BCUT2D eigenvalue weighted by molar-refractivity contribution is -0.132. The number of ether oxygens (including phenoxy) is 1. The Labute approximate surface area is 186 Å². The molecule has 0 aromatic heterocycles. The zero-order valence-corrected chi connectivity index (χ0v) is 18.5. The first-order valence-corrected chi connectivity index (χ1v) is 11.6. The molecule has 4 rings (SSSR count). The molecule has 2 fully saturated rings. The molecule has 0 bridgehead atoms. The summed E-state index contributed by atoms with van der Waals surface area (Å²) < 4.78 is 5.44. The molecule has 1 unspecified atom stereocenters. The Morgan fingerprint density at radius 1 is 1.16 bits per heavy atom. The number of hydrogen-bond acceptors (Lipinski definition) is 6. The van der Waals surface area contributed by atoms with Crippen LogP contribution in [0.2, 0.25) is 0 Å². The molecule has 3 amide bonds. The van der Waals surface area contributed by atoms with E-state index < -0.39 is 5.25 Å². The van der Waals surface area contributed by atoms with E-state index in [2.05, 4.69) is 4.99 Å². The van der Waals surface area contributed by atoms with Crippen LogP contribution in [0.25, 0.3) is 0 Å². The van der Waals surface area contributed by atoms with Crippen LogP contribution in [-0.4, -0.2) is 70.7 Å². The lowest BCUT2D eigenvalue weighted by Gasteiger charge is -2.39. The van der Waals surface area contributed by atoms with E-state index in [1.54, 1.807) is 0 Å². The summed E-state index contributed by atoms with van der Waals surface area (Å²) in [7, 11) is 0. The van der Waals surface area contributed by atoms with Crippen LogP contribution in [0.5, 0.6) is 5.75 Å². The van der Waals surface area contributed by atoms with Crippen molar-refractivity contribution in [3.05, 3.63) is 29.8 Å². The number of amidine groups is 1. The van der Waals surface area contributed by atoms with Gasteiger partial charge in [0.1, 0.15) is 11.0 Å². The molecule has 0 saturated carbocycles. The van der Waals surface area contributed by atoms with Gasteiger partial charge in [-0.3, -0.25) is 14.4 Å². The average Bonchev–Trinajstić information content (AvgIpc) is 3.31. The summed E-state index contributed by atoms with van der Waals surface area (Å²) in [4.78, 5) is 44.8. The number of benzene rings is 1. The highest BCUT2D eigenvalue weighted by Gasteiger charge is 2.43. The Morgan fingerprint density at radius 3 is 2.39 bits per heavy atom. The van der Waals surface area contributed by atoms with Crippen LogP contribution in [0.3, 0.4) is 0 Å². The molecule has 8 nitrogen and oxygen atoms in total. The molecule has 2 saturated heterocycles. The predicted octanol–water partition coefficient (Wildman–Crippen LogP) is 1.89. The second kappa shape index (κ2) is 8.90. The number of rotatable bonds is 5. The first-order valence-electron chi connectivity index (χ1n) is 10.7. The summed E-state index contributed by atoms with van der Waals surface area (Å²) in [5.74, 6) is 0.476. The molecule has 0 radical (unpaired) electrons. The molecule has 3 heterocycles. The summed E-state index contributed by atoms with van der Waals surface area (Å²) in [6.07, 6.45) is 2.85. The zero-order valence-electron chi connectivity index (χ0n) is 17.7. The maximum Gasteiger partial charge on any atom is 0.262 e. The second-order valence-corrected chi connectivity index (χ2v) is 9.64. The third-order valence-corrected chi connectivity index (χ3v) is 7.42. The fraction of sp³-hybridized carbons (Fsp3) is 0.545. The Morgan fingerprint density at radius 2 is 1.81 bits per heavy atom. The van der Waals surface area contributed by atoms with E-state index in [1.165, 1.54) is 11.8 Å². The molecule has 3 aliphatic rings. The number of carbonyl (C=O) groups excluding carboxylic acids is 3. The summed E-state index contributed by atoms with van der Waals surface area (Å²) in [6.45, 7) is 5.30. The van der Waals surface area contributed by atoms with E-state index in [-0.39, 0.29) is 34.7 Å². The highest BCUT2D eigenvalue weighted by molar-refractivity contribution is 8.15. The number of amides is 3. The van der Waals surface area contributed by atoms with Crippen molar-refractivity contribution in [1.29, 1.82) is 0 Å². The molecule has 166 valence electrons. The third kappa shape index (κ3) is 4.71. The number of piperidine rings is 1. The van der Waals surface area contributed by atoms with Gasteiger partial charge in [-0.2, -0.15) is 4.99 Å². The van der Waals surface area contributed by atoms with Gasteiger partial charge in [-0.05, 0) is 55.9 Å². The van der Waals surface area contributed by atoms with Gasteiger partial charge in [0.05, 0.1) is 6.61 Å². The molecule has 3 aliphatic heterocycles. The number of aliphatic imine (C=N–C) groups is 1. The third-order valence-electron chi connectivity index (χ3n) is 6.43. The van der Waals surface area contributed by atoms with E-state index in [0.29, 0.717) is 38.3 Å². The van der Waals surface area contributed by atoms with Gasteiger partial charge in [-0.1, -0.05) is 11.8 Å². The number of thioether (sulfide) groups is 1. The minimum Gasteiger partial charge on any atom is -0.494 e. The van der Waals surface area contributed by atoms with E-state index in [4.69, 9.17) is 10.5 Å². The minimum atomic E-state index is -0.488. The van der Waals surface area contributed by atoms with Crippen LogP contribution >= 0.6 is 11.8 Å².